The van der Waals surface area contributed by atoms with Crippen molar-refractivity contribution < 1.29 is 13.2 Å². The highest BCUT2D eigenvalue weighted by Crippen LogP contribution is 2.23. The number of rotatable bonds is 2. The van der Waals surface area contributed by atoms with Gasteiger partial charge in [0.1, 0.15) is 0 Å². The van der Waals surface area contributed by atoms with Gasteiger partial charge in [0.25, 0.3) is 9.05 Å². The minimum atomic E-state index is -3.75. The van der Waals surface area contributed by atoms with E-state index in [1.807, 2.05) is 0 Å². The highest BCUT2D eigenvalue weighted by atomic mass is 35.7. The van der Waals surface area contributed by atoms with E-state index in [4.69, 9.17) is 10.7 Å². The maximum atomic E-state index is 11.9. The van der Waals surface area contributed by atoms with Gasteiger partial charge >= 0.3 is 6.03 Å². The number of amides is 2. The van der Waals surface area contributed by atoms with Crippen LogP contribution < -0.4 is 5.32 Å². The molecule has 104 valence electrons. The highest BCUT2D eigenvalue weighted by Gasteiger charge is 2.19. The van der Waals surface area contributed by atoms with E-state index in [2.05, 4.69) is 5.32 Å². The van der Waals surface area contributed by atoms with Gasteiger partial charge in [0, 0.05) is 29.5 Å². The van der Waals surface area contributed by atoms with Crippen LogP contribution in [0.1, 0.15) is 18.4 Å². The fourth-order valence-electron chi connectivity index (χ4n) is 2.12. The van der Waals surface area contributed by atoms with Crippen molar-refractivity contribution in [1.29, 1.82) is 0 Å². The lowest BCUT2D eigenvalue weighted by molar-refractivity contribution is 0.222. The van der Waals surface area contributed by atoms with Gasteiger partial charge in [-0.25, -0.2) is 13.2 Å². The Bertz CT molecular complexity index is 595. The molecule has 0 radical (unpaired) electrons. The standard InChI is InChI=1S/C12H15ClN2O3S/c1-9-8-10(4-5-11(9)19(13,17)18)14-12(16)15-6-2-3-7-15/h4-5,8H,2-3,6-7H2,1H3,(H,14,16). The monoisotopic (exact) mass is 302 g/mol. The molecule has 0 aromatic heterocycles. The first-order chi connectivity index (χ1) is 8.88. The molecule has 0 unspecified atom stereocenters. The van der Waals surface area contributed by atoms with E-state index in [0.717, 1.165) is 25.9 Å². The first-order valence-electron chi connectivity index (χ1n) is 5.99. The minimum absolute atomic E-state index is 0.0633. The first kappa shape index (κ1) is 14.1. The Kier molecular flexibility index (Phi) is 4.01. The number of aryl methyl sites for hydroxylation is 1. The van der Waals surface area contributed by atoms with Crippen LogP contribution in [0.5, 0.6) is 0 Å². The van der Waals surface area contributed by atoms with Crippen molar-refractivity contribution in [2.75, 3.05) is 18.4 Å². The predicted molar refractivity (Wildman–Crippen MR) is 74.0 cm³/mol. The summed E-state index contributed by atoms with van der Waals surface area (Å²) in [6.45, 7) is 3.17. The van der Waals surface area contributed by atoms with Gasteiger partial charge in [-0.05, 0) is 43.5 Å². The molecule has 1 fully saturated rings. The zero-order chi connectivity index (χ0) is 14.0. The molecule has 1 heterocycles. The van der Waals surface area contributed by atoms with Crippen LogP contribution >= 0.6 is 10.7 Å². The van der Waals surface area contributed by atoms with Crippen LogP contribution in [-0.2, 0) is 9.05 Å². The molecule has 1 aliphatic heterocycles. The van der Waals surface area contributed by atoms with Crippen LogP contribution in [0.3, 0.4) is 0 Å². The number of hydrogen-bond donors (Lipinski definition) is 1. The summed E-state index contributed by atoms with van der Waals surface area (Å²) in [6, 6.07) is 4.38. The Morgan fingerprint density at radius 3 is 2.47 bits per heavy atom. The van der Waals surface area contributed by atoms with Crippen LogP contribution in [0.25, 0.3) is 0 Å². The van der Waals surface area contributed by atoms with E-state index in [9.17, 15) is 13.2 Å². The number of anilines is 1. The van der Waals surface area contributed by atoms with Crippen LogP contribution in [0, 0.1) is 6.92 Å². The lowest BCUT2D eigenvalue weighted by Gasteiger charge is -2.16. The fourth-order valence-corrected chi connectivity index (χ4v) is 3.32. The fraction of sp³-hybridized carbons (Fsp3) is 0.417. The van der Waals surface area contributed by atoms with Crippen LogP contribution in [0.15, 0.2) is 23.1 Å². The average molecular weight is 303 g/mol. The van der Waals surface area contributed by atoms with Crippen LogP contribution in [-0.4, -0.2) is 32.4 Å². The van der Waals surface area contributed by atoms with Gasteiger partial charge in [-0.2, -0.15) is 0 Å². The summed E-state index contributed by atoms with van der Waals surface area (Å²) in [5, 5.41) is 2.75. The Balaban J connectivity index is 2.14. The summed E-state index contributed by atoms with van der Waals surface area (Å²) in [7, 11) is 1.56. The maximum Gasteiger partial charge on any atom is 0.321 e. The van der Waals surface area contributed by atoms with Gasteiger partial charge in [-0.1, -0.05) is 0 Å². The van der Waals surface area contributed by atoms with Gasteiger partial charge in [0.15, 0.2) is 0 Å². The van der Waals surface area contributed by atoms with Crippen molar-refractivity contribution in [3.8, 4) is 0 Å². The molecular formula is C12H15ClN2O3S. The lowest BCUT2D eigenvalue weighted by Crippen LogP contribution is -2.32. The number of carbonyl (C=O) groups excluding carboxylic acids is 1. The zero-order valence-electron chi connectivity index (χ0n) is 10.5. The average Bonchev–Trinajstić information content (AvgIpc) is 2.80. The largest absolute Gasteiger partial charge is 0.325 e. The molecule has 1 aromatic carbocycles. The number of likely N-dealkylation sites (tertiary alicyclic amines) is 1. The van der Waals surface area contributed by atoms with Gasteiger partial charge in [-0.3, -0.25) is 0 Å². The molecule has 1 N–H and O–H groups in total. The molecule has 0 spiro atoms. The molecule has 0 bridgehead atoms. The summed E-state index contributed by atoms with van der Waals surface area (Å²) >= 11 is 0. The van der Waals surface area contributed by atoms with E-state index in [-0.39, 0.29) is 10.9 Å². The third-order valence-corrected chi connectivity index (χ3v) is 4.56. The van der Waals surface area contributed by atoms with Gasteiger partial charge in [0.2, 0.25) is 0 Å². The summed E-state index contributed by atoms with van der Waals surface area (Å²) in [5.74, 6) is 0. The molecule has 1 aliphatic rings. The molecule has 0 saturated carbocycles. The zero-order valence-corrected chi connectivity index (χ0v) is 12.1. The van der Waals surface area contributed by atoms with Crippen molar-refractivity contribution in [3.63, 3.8) is 0 Å². The van der Waals surface area contributed by atoms with E-state index >= 15 is 0 Å². The topological polar surface area (TPSA) is 66.5 Å². The molecule has 0 atom stereocenters. The van der Waals surface area contributed by atoms with Gasteiger partial charge in [-0.15, -0.1) is 0 Å². The first-order valence-corrected chi connectivity index (χ1v) is 8.30. The van der Waals surface area contributed by atoms with E-state index in [1.165, 1.54) is 12.1 Å². The van der Waals surface area contributed by atoms with E-state index in [1.54, 1.807) is 17.9 Å². The molecule has 2 rings (SSSR count). The Morgan fingerprint density at radius 1 is 1.32 bits per heavy atom. The molecular weight excluding hydrogens is 288 g/mol. The summed E-state index contributed by atoms with van der Waals surface area (Å²) in [5.41, 5.74) is 1.08. The van der Waals surface area contributed by atoms with Crippen LogP contribution in [0.4, 0.5) is 10.5 Å². The van der Waals surface area contributed by atoms with Gasteiger partial charge in [0.05, 0.1) is 4.90 Å². The Hall–Kier alpha value is -1.27. The number of nitrogens with zero attached hydrogens (tertiary/aromatic N) is 1. The third kappa shape index (κ3) is 3.39. The Morgan fingerprint density at radius 2 is 1.95 bits per heavy atom. The second-order valence-corrected chi connectivity index (χ2v) is 7.08. The molecule has 0 aliphatic carbocycles. The Labute approximate surface area is 117 Å². The number of halogens is 1. The number of benzene rings is 1. The second-order valence-electron chi connectivity index (χ2n) is 4.54. The van der Waals surface area contributed by atoms with E-state index < -0.39 is 9.05 Å². The molecule has 1 saturated heterocycles. The van der Waals surface area contributed by atoms with Crippen molar-refractivity contribution in [2.24, 2.45) is 0 Å². The summed E-state index contributed by atoms with van der Waals surface area (Å²) in [6.07, 6.45) is 2.05. The normalized spacial score (nSPS) is 15.6. The SMILES string of the molecule is Cc1cc(NC(=O)N2CCCC2)ccc1S(=O)(=O)Cl. The minimum Gasteiger partial charge on any atom is -0.325 e. The van der Waals surface area contributed by atoms with Gasteiger partial charge < -0.3 is 10.2 Å². The van der Waals surface area contributed by atoms with Crippen LogP contribution in [0.2, 0.25) is 0 Å². The highest BCUT2D eigenvalue weighted by molar-refractivity contribution is 8.13. The summed E-state index contributed by atoms with van der Waals surface area (Å²) in [4.78, 5) is 13.7. The molecule has 5 nitrogen and oxygen atoms in total. The number of urea groups is 1. The van der Waals surface area contributed by atoms with Crippen molar-refractivity contribution >= 4 is 31.5 Å². The number of carbonyl (C=O) groups is 1. The number of nitrogens with one attached hydrogen (secondary N) is 1. The molecule has 7 heteroatoms. The summed E-state index contributed by atoms with van der Waals surface area (Å²) < 4.78 is 22.5. The number of hydrogen-bond acceptors (Lipinski definition) is 3. The predicted octanol–water partition coefficient (Wildman–Crippen LogP) is 2.55. The molecule has 1 aromatic rings. The maximum absolute atomic E-state index is 11.9. The van der Waals surface area contributed by atoms with Crippen molar-refractivity contribution in [3.05, 3.63) is 23.8 Å². The molecule has 2 amide bonds. The smallest absolute Gasteiger partial charge is 0.321 e. The second kappa shape index (κ2) is 5.38. The quantitative estimate of drug-likeness (QED) is 0.854. The van der Waals surface area contributed by atoms with E-state index in [0.29, 0.717) is 11.3 Å². The van der Waals surface area contributed by atoms with Crippen molar-refractivity contribution in [2.45, 2.75) is 24.7 Å². The molecule has 19 heavy (non-hydrogen) atoms. The third-order valence-electron chi connectivity index (χ3n) is 3.08. The lowest BCUT2D eigenvalue weighted by atomic mass is 10.2. The van der Waals surface area contributed by atoms with Crippen molar-refractivity contribution in [1.82, 2.24) is 4.90 Å².